The van der Waals surface area contributed by atoms with E-state index >= 15 is 0 Å². The number of hydrogen-bond donors (Lipinski definition) is 1. The highest BCUT2D eigenvalue weighted by Crippen LogP contribution is 2.22. The van der Waals surface area contributed by atoms with Crippen molar-refractivity contribution in [3.8, 4) is 0 Å². The molecule has 0 radical (unpaired) electrons. The Bertz CT molecular complexity index is 488. The Kier molecular flexibility index (Phi) is 4.05. The molecule has 1 unspecified atom stereocenters. The third kappa shape index (κ3) is 2.93. The highest BCUT2D eigenvalue weighted by Gasteiger charge is 2.14. The summed E-state index contributed by atoms with van der Waals surface area (Å²) in [4.78, 5) is 8.34. The number of rotatable bonds is 4. The van der Waals surface area contributed by atoms with Crippen LogP contribution in [0.15, 0.2) is 36.8 Å². The Morgan fingerprint density at radius 2 is 1.89 bits per heavy atom. The van der Waals surface area contributed by atoms with E-state index in [1.165, 1.54) is 16.7 Å². The fraction of sp³-hybridized carbons (Fsp3) is 0.333. The quantitative estimate of drug-likeness (QED) is 0.894. The van der Waals surface area contributed by atoms with Crippen molar-refractivity contribution in [2.45, 2.75) is 26.8 Å². The van der Waals surface area contributed by atoms with E-state index in [1.54, 1.807) is 12.5 Å². The van der Waals surface area contributed by atoms with Gasteiger partial charge in [-0.2, -0.15) is 0 Å². The maximum absolute atomic E-state index is 4.36. The lowest BCUT2D eigenvalue weighted by Gasteiger charge is -2.18. The van der Waals surface area contributed by atoms with E-state index in [9.17, 15) is 0 Å². The van der Waals surface area contributed by atoms with Crippen molar-refractivity contribution >= 4 is 0 Å². The molecule has 1 atom stereocenters. The van der Waals surface area contributed by atoms with Crippen molar-refractivity contribution in [2.24, 2.45) is 0 Å². The molecule has 0 saturated heterocycles. The van der Waals surface area contributed by atoms with Crippen LogP contribution in [0, 0.1) is 13.8 Å². The first-order valence-corrected chi connectivity index (χ1v) is 6.28. The van der Waals surface area contributed by atoms with Crippen molar-refractivity contribution in [1.29, 1.82) is 0 Å². The summed E-state index contributed by atoms with van der Waals surface area (Å²) >= 11 is 0. The molecule has 0 aliphatic heterocycles. The summed E-state index contributed by atoms with van der Waals surface area (Å²) in [6.07, 6.45) is 3.39. The molecular weight excluding hydrogens is 222 g/mol. The molecule has 1 heterocycles. The van der Waals surface area contributed by atoms with Gasteiger partial charge in [0.2, 0.25) is 0 Å². The molecule has 0 spiro atoms. The lowest BCUT2D eigenvalue weighted by atomic mass is 9.99. The molecule has 94 valence electrons. The number of aromatic nitrogens is 2. The van der Waals surface area contributed by atoms with Crippen LogP contribution in [0.1, 0.15) is 35.3 Å². The average Bonchev–Trinajstić information content (AvgIpc) is 2.36. The molecule has 2 aromatic rings. The zero-order valence-electron chi connectivity index (χ0n) is 11.1. The summed E-state index contributed by atoms with van der Waals surface area (Å²) in [5.41, 5.74) is 4.83. The minimum Gasteiger partial charge on any atom is -0.305 e. The third-order valence-corrected chi connectivity index (χ3v) is 2.89. The molecule has 0 aliphatic carbocycles. The SMILES string of the molecule is CCNC(c1cc(C)cc(C)c1)c1ccncn1. The van der Waals surface area contributed by atoms with Crippen LogP contribution in [0.5, 0.6) is 0 Å². The Morgan fingerprint density at radius 3 is 2.44 bits per heavy atom. The van der Waals surface area contributed by atoms with E-state index in [1.807, 2.05) is 6.07 Å². The maximum atomic E-state index is 4.36. The highest BCUT2D eigenvalue weighted by molar-refractivity contribution is 5.34. The smallest absolute Gasteiger partial charge is 0.115 e. The van der Waals surface area contributed by atoms with Gasteiger partial charge in [-0.15, -0.1) is 0 Å². The van der Waals surface area contributed by atoms with Gasteiger partial charge >= 0.3 is 0 Å². The Balaban J connectivity index is 2.41. The molecular formula is C15H19N3. The van der Waals surface area contributed by atoms with E-state index < -0.39 is 0 Å². The van der Waals surface area contributed by atoms with E-state index in [2.05, 4.69) is 54.3 Å². The molecule has 0 amide bonds. The second-order valence-electron chi connectivity index (χ2n) is 4.55. The summed E-state index contributed by atoms with van der Waals surface area (Å²) in [6, 6.07) is 8.71. The molecule has 1 N–H and O–H groups in total. The molecule has 0 saturated carbocycles. The fourth-order valence-electron chi connectivity index (χ4n) is 2.25. The van der Waals surface area contributed by atoms with Crippen molar-refractivity contribution in [2.75, 3.05) is 6.54 Å². The number of aryl methyl sites for hydroxylation is 2. The summed E-state index contributed by atoms with van der Waals surface area (Å²) in [6.45, 7) is 7.26. The van der Waals surface area contributed by atoms with Crippen LogP contribution in [0.25, 0.3) is 0 Å². The van der Waals surface area contributed by atoms with E-state index in [-0.39, 0.29) is 6.04 Å². The first kappa shape index (κ1) is 12.7. The molecule has 18 heavy (non-hydrogen) atoms. The zero-order valence-corrected chi connectivity index (χ0v) is 11.1. The molecule has 2 rings (SSSR count). The van der Waals surface area contributed by atoms with Crippen molar-refractivity contribution in [3.05, 3.63) is 59.2 Å². The van der Waals surface area contributed by atoms with Crippen LogP contribution in [0.2, 0.25) is 0 Å². The van der Waals surface area contributed by atoms with Gasteiger partial charge in [-0.3, -0.25) is 0 Å². The standard InChI is InChI=1S/C15H19N3/c1-4-17-15(14-5-6-16-10-18-14)13-8-11(2)7-12(3)9-13/h5-10,15,17H,4H2,1-3H3. The topological polar surface area (TPSA) is 37.8 Å². The Morgan fingerprint density at radius 1 is 1.17 bits per heavy atom. The van der Waals surface area contributed by atoms with E-state index in [4.69, 9.17) is 0 Å². The van der Waals surface area contributed by atoms with Gasteiger partial charge in [0.05, 0.1) is 11.7 Å². The van der Waals surface area contributed by atoms with Crippen LogP contribution >= 0.6 is 0 Å². The Labute approximate surface area is 108 Å². The van der Waals surface area contributed by atoms with Gasteiger partial charge in [0.25, 0.3) is 0 Å². The number of hydrogen-bond acceptors (Lipinski definition) is 3. The summed E-state index contributed by atoms with van der Waals surface area (Å²) in [7, 11) is 0. The van der Waals surface area contributed by atoms with E-state index in [0.29, 0.717) is 0 Å². The number of benzene rings is 1. The molecule has 3 heteroatoms. The molecule has 0 bridgehead atoms. The summed E-state index contributed by atoms with van der Waals surface area (Å²) in [5.74, 6) is 0. The minimum absolute atomic E-state index is 0.136. The van der Waals surface area contributed by atoms with Crippen LogP contribution in [0.4, 0.5) is 0 Å². The predicted octanol–water partition coefficient (Wildman–Crippen LogP) is 2.79. The van der Waals surface area contributed by atoms with Gasteiger partial charge in [0.1, 0.15) is 6.33 Å². The van der Waals surface area contributed by atoms with Gasteiger partial charge < -0.3 is 5.32 Å². The predicted molar refractivity (Wildman–Crippen MR) is 73.5 cm³/mol. The van der Waals surface area contributed by atoms with Gasteiger partial charge in [0, 0.05) is 6.20 Å². The lowest BCUT2D eigenvalue weighted by Crippen LogP contribution is -2.23. The first-order valence-electron chi connectivity index (χ1n) is 6.28. The average molecular weight is 241 g/mol. The second kappa shape index (κ2) is 5.74. The first-order chi connectivity index (χ1) is 8.70. The van der Waals surface area contributed by atoms with Gasteiger partial charge in [0.15, 0.2) is 0 Å². The van der Waals surface area contributed by atoms with Crippen LogP contribution in [-0.2, 0) is 0 Å². The van der Waals surface area contributed by atoms with Gasteiger partial charge in [-0.05, 0) is 32.0 Å². The third-order valence-electron chi connectivity index (χ3n) is 2.89. The molecule has 3 nitrogen and oxygen atoms in total. The molecule has 0 fully saturated rings. The minimum atomic E-state index is 0.136. The monoisotopic (exact) mass is 241 g/mol. The summed E-state index contributed by atoms with van der Waals surface area (Å²) in [5, 5.41) is 3.48. The van der Waals surface area contributed by atoms with Gasteiger partial charge in [-0.1, -0.05) is 36.2 Å². The number of nitrogens with zero attached hydrogens (tertiary/aromatic N) is 2. The molecule has 1 aromatic heterocycles. The maximum Gasteiger partial charge on any atom is 0.115 e. The highest BCUT2D eigenvalue weighted by atomic mass is 14.9. The lowest BCUT2D eigenvalue weighted by molar-refractivity contribution is 0.613. The normalized spacial score (nSPS) is 12.4. The summed E-state index contributed by atoms with van der Waals surface area (Å²) < 4.78 is 0. The number of nitrogens with one attached hydrogen (secondary N) is 1. The van der Waals surface area contributed by atoms with Crippen molar-refractivity contribution in [3.63, 3.8) is 0 Å². The second-order valence-corrected chi connectivity index (χ2v) is 4.55. The van der Waals surface area contributed by atoms with E-state index in [0.717, 1.165) is 12.2 Å². The largest absolute Gasteiger partial charge is 0.305 e. The zero-order chi connectivity index (χ0) is 13.0. The van der Waals surface area contributed by atoms with Crippen LogP contribution in [0.3, 0.4) is 0 Å². The van der Waals surface area contributed by atoms with Crippen LogP contribution < -0.4 is 5.32 Å². The molecule has 0 aliphatic rings. The van der Waals surface area contributed by atoms with Crippen molar-refractivity contribution < 1.29 is 0 Å². The van der Waals surface area contributed by atoms with Crippen molar-refractivity contribution in [1.82, 2.24) is 15.3 Å². The fourth-order valence-corrected chi connectivity index (χ4v) is 2.25. The van der Waals surface area contributed by atoms with Crippen LogP contribution in [-0.4, -0.2) is 16.5 Å². The Hall–Kier alpha value is -1.74. The molecule has 1 aromatic carbocycles. The van der Waals surface area contributed by atoms with Gasteiger partial charge in [-0.25, -0.2) is 9.97 Å².